The lowest BCUT2D eigenvalue weighted by Gasteiger charge is -2.28. The molecular formula is C17H14ClN5O2. The number of primary amides is 1. The quantitative estimate of drug-likeness (QED) is 0.751. The van der Waals surface area contributed by atoms with Crippen LogP contribution in [0.5, 0.6) is 0 Å². The monoisotopic (exact) mass is 355 g/mol. The summed E-state index contributed by atoms with van der Waals surface area (Å²) in [6.07, 6.45) is 0.270. The molecule has 2 heterocycles. The van der Waals surface area contributed by atoms with Gasteiger partial charge >= 0.3 is 0 Å². The van der Waals surface area contributed by atoms with E-state index in [0.717, 1.165) is 0 Å². The van der Waals surface area contributed by atoms with Gasteiger partial charge in [0, 0.05) is 22.4 Å². The molecule has 0 saturated heterocycles. The molecule has 2 aliphatic heterocycles. The smallest absolute Gasteiger partial charge is 0.266 e. The summed E-state index contributed by atoms with van der Waals surface area (Å²) in [5.74, 6) is -0.508. The molecule has 1 amide bonds. The summed E-state index contributed by atoms with van der Waals surface area (Å²) in [6.45, 7) is 0. The number of amides is 1. The number of hydrogen-bond donors (Lipinski definition) is 3. The van der Waals surface area contributed by atoms with Crippen molar-refractivity contribution in [2.45, 2.75) is 11.9 Å². The van der Waals surface area contributed by atoms with Crippen LogP contribution in [-0.4, -0.2) is 29.3 Å². The van der Waals surface area contributed by atoms with Crippen molar-refractivity contribution in [2.75, 3.05) is 5.01 Å². The van der Waals surface area contributed by atoms with Gasteiger partial charge in [-0.15, -0.1) is 0 Å². The predicted octanol–water partition coefficient (Wildman–Crippen LogP) is 1.15. The summed E-state index contributed by atoms with van der Waals surface area (Å²) in [4.78, 5) is 20.8. The number of fused-ring (bicyclic) bond motifs is 3. The Morgan fingerprint density at radius 2 is 2.04 bits per heavy atom. The average molecular weight is 356 g/mol. The average Bonchev–Trinajstić information content (AvgIpc) is 2.97. The molecule has 0 radical (unpaired) electrons. The van der Waals surface area contributed by atoms with Crippen LogP contribution < -0.4 is 16.2 Å². The lowest BCUT2D eigenvalue weighted by molar-refractivity contribution is -0.124. The molecular weight excluding hydrogens is 342 g/mol. The van der Waals surface area contributed by atoms with Gasteiger partial charge in [-0.1, -0.05) is 41.9 Å². The molecule has 2 aliphatic rings. The normalized spacial score (nSPS) is 24.3. The number of carbonyl (C=O) groups excluding carboxylic acids is 1. The molecule has 0 aliphatic carbocycles. The summed E-state index contributed by atoms with van der Waals surface area (Å²) in [6, 6.07) is 14.1. The summed E-state index contributed by atoms with van der Waals surface area (Å²) in [5.41, 5.74) is 9.08. The first-order valence-corrected chi connectivity index (χ1v) is 7.93. The van der Waals surface area contributed by atoms with Gasteiger partial charge in [-0.05, 0) is 18.2 Å². The molecule has 2 atom stereocenters. The highest BCUT2D eigenvalue weighted by Gasteiger charge is 2.48. The molecule has 0 bridgehead atoms. The summed E-state index contributed by atoms with van der Waals surface area (Å²) < 4.78 is 0. The highest BCUT2D eigenvalue weighted by Crippen LogP contribution is 2.34. The van der Waals surface area contributed by atoms with Crippen LogP contribution >= 0.6 is 11.6 Å². The number of aliphatic hydroxyl groups is 1. The number of hydrazine groups is 1. The van der Waals surface area contributed by atoms with E-state index in [1.165, 1.54) is 11.2 Å². The van der Waals surface area contributed by atoms with Crippen LogP contribution in [0.25, 0.3) is 0 Å². The van der Waals surface area contributed by atoms with E-state index < -0.39 is 17.8 Å². The van der Waals surface area contributed by atoms with Gasteiger partial charge in [0.25, 0.3) is 5.91 Å². The van der Waals surface area contributed by atoms with Crippen molar-refractivity contribution in [3.8, 4) is 0 Å². The molecule has 0 saturated carbocycles. The zero-order valence-electron chi connectivity index (χ0n) is 12.9. The van der Waals surface area contributed by atoms with Crippen molar-refractivity contribution in [1.82, 2.24) is 5.43 Å². The van der Waals surface area contributed by atoms with E-state index in [1.807, 2.05) is 6.07 Å². The van der Waals surface area contributed by atoms with Crippen LogP contribution in [0.4, 0.5) is 5.69 Å². The largest absolute Gasteiger partial charge is 0.366 e. The highest BCUT2D eigenvalue weighted by molar-refractivity contribution is 6.31. The Labute approximate surface area is 148 Å². The standard InChI is InChI=1S/C17H14ClN5O2/c18-12-6-7-13-10(8-12)9-20-15(24)14-21-17(16(19)25,22-23(13)14)11-4-2-1-3-5-11/h1-9,15,22,24H,(H2,19,25). The van der Waals surface area contributed by atoms with E-state index in [1.54, 1.807) is 42.5 Å². The van der Waals surface area contributed by atoms with E-state index in [9.17, 15) is 9.90 Å². The van der Waals surface area contributed by atoms with Crippen LogP contribution in [0.1, 0.15) is 11.1 Å². The molecule has 25 heavy (non-hydrogen) atoms. The fraction of sp³-hybridized carbons (Fsp3) is 0.118. The Bertz CT molecular complexity index is 915. The SMILES string of the molecule is NC(=O)C1(c2ccccc2)N=C2C(O)N=Cc3cc(Cl)ccc3N2N1. The number of aliphatic imine (C=N–C) groups is 2. The first-order chi connectivity index (χ1) is 12.0. The van der Waals surface area contributed by atoms with E-state index in [4.69, 9.17) is 17.3 Å². The summed E-state index contributed by atoms with van der Waals surface area (Å²) in [7, 11) is 0. The van der Waals surface area contributed by atoms with Gasteiger partial charge in [-0.3, -0.25) is 14.8 Å². The predicted molar refractivity (Wildman–Crippen MR) is 95.4 cm³/mol. The third-order valence-electron chi connectivity index (χ3n) is 4.15. The van der Waals surface area contributed by atoms with Crippen LogP contribution in [0.3, 0.4) is 0 Å². The molecule has 2 aromatic carbocycles. The van der Waals surface area contributed by atoms with Gasteiger partial charge in [-0.25, -0.2) is 4.99 Å². The van der Waals surface area contributed by atoms with E-state index >= 15 is 0 Å². The second kappa shape index (κ2) is 5.66. The molecule has 4 N–H and O–H groups in total. The molecule has 126 valence electrons. The Kier molecular flexibility index (Phi) is 3.57. The van der Waals surface area contributed by atoms with E-state index in [-0.39, 0.29) is 5.84 Å². The van der Waals surface area contributed by atoms with Crippen LogP contribution in [0, 0.1) is 0 Å². The Hall–Kier alpha value is -2.74. The first kappa shape index (κ1) is 15.8. The third-order valence-corrected chi connectivity index (χ3v) is 4.38. The Balaban J connectivity index is 1.90. The van der Waals surface area contributed by atoms with Gasteiger partial charge in [-0.2, -0.15) is 5.43 Å². The molecule has 8 heteroatoms. The summed E-state index contributed by atoms with van der Waals surface area (Å²) >= 11 is 6.04. The van der Waals surface area contributed by atoms with Gasteiger partial charge < -0.3 is 10.8 Å². The zero-order chi connectivity index (χ0) is 17.6. The number of amidine groups is 1. The second-order valence-corrected chi connectivity index (χ2v) is 6.15. The maximum atomic E-state index is 12.3. The van der Waals surface area contributed by atoms with Crippen molar-refractivity contribution in [3.05, 3.63) is 64.7 Å². The van der Waals surface area contributed by atoms with Gasteiger partial charge in [0.1, 0.15) is 0 Å². The number of benzene rings is 2. The zero-order valence-corrected chi connectivity index (χ0v) is 13.7. The molecule has 0 spiro atoms. The van der Waals surface area contributed by atoms with Crippen LogP contribution in [0.15, 0.2) is 58.5 Å². The molecule has 0 fully saturated rings. The maximum Gasteiger partial charge on any atom is 0.266 e. The number of anilines is 1. The number of nitrogens with two attached hydrogens (primary N) is 1. The van der Waals surface area contributed by atoms with Crippen LogP contribution in [0.2, 0.25) is 5.02 Å². The lowest BCUT2D eigenvalue weighted by atomic mass is 10.0. The molecule has 2 unspecified atom stereocenters. The number of rotatable bonds is 2. The second-order valence-electron chi connectivity index (χ2n) is 5.71. The third kappa shape index (κ3) is 2.41. The van der Waals surface area contributed by atoms with Gasteiger partial charge in [0.15, 0.2) is 5.84 Å². The Morgan fingerprint density at radius 1 is 1.28 bits per heavy atom. The number of halogens is 1. The van der Waals surface area contributed by atoms with Gasteiger partial charge in [0.2, 0.25) is 11.9 Å². The topological polar surface area (TPSA) is 103 Å². The summed E-state index contributed by atoms with van der Waals surface area (Å²) in [5, 5.41) is 12.4. The minimum Gasteiger partial charge on any atom is -0.366 e. The van der Waals surface area contributed by atoms with E-state index in [0.29, 0.717) is 21.8 Å². The fourth-order valence-corrected chi connectivity index (χ4v) is 3.11. The van der Waals surface area contributed by atoms with Crippen molar-refractivity contribution < 1.29 is 9.90 Å². The highest BCUT2D eigenvalue weighted by atomic mass is 35.5. The minimum atomic E-state index is -1.53. The molecule has 7 nitrogen and oxygen atoms in total. The molecule has 2 aromatic rings. The Morgan fingerprint density at radius 3 is 2.76 bits per heavy atom. The maximum absolute atomic E-state index is 12.3. The van der Waals surface area contributed by atoms with E-state index in [2.05, 4.69) is 15.4 Å². The number of nitrogens with one attached hydrogen (secondary N) is 1. The lowest BCUT2D eigenvalue weighted by Crippen LogP contribution is -2.54. The number of nitrogens with zero attached hydrogens (tertiary/aromatic N) is 3. The van der Waals surface area contributed by atoms with Crippen molar-refractivity contribution in [2.24, 2.45) is 15.7 Å². The van der Waals surface area contributed by atoms with Crippen LogP contribution in [-0.2, 0) is 10.5 Å². The minimum absolute atomic E-state index is 0.181. The molecule has 0 aromatic heterocycles. The van der Waals surface area contributed by atoms with Crippen molar-refractivity contribution in [1.29, 1.82) is 0 Å². The van der Waals surface area contributed by atoms with Crippen molar-refractivity contribution >= 4 is 35.2 Å². The van der Waals surface area contributed by atoms with Gasteiger partial charge in [0.05, 0.1) is 5.69 Å². The fourth-order valence-electron chi connectivity index (χ4n) is 2.93. The number of hydrogen-bond acceptors (Lipinski definition) is 6. The number of aliphatic hydroxyl groups excluding tert-OH is 1. The first-order valence-electron chi connectivity index (χ1n) is 7.55. The molecule has 4 rings (SSSR count). The number of carbonyl (C=O) groups is 1. The van der Waals surface area contributed by atoms with Crippen molar-refractivity contribution in [3.63, 3.8) is 0 Å².